The first kappa shape index (κ1) is 13.7. The predicted octanol–water partition coefficient (Wildman–Crippen LogP) is 1.32. The summed E-state index contributed by atoms with van der Waals surface area (Å²) in [6.07, 6.45) is 0.985. The average Bonchev–Trinajstić information content (AvgIpc) is 2.81. The molecule has 96 valence electrons. The van der Waals surface area contributed by atoms with Gasteiger partial charge < -0.3 is 19.8 Å². The topological polar surface area (TPSA) is 63.4 Å². The van der Waals surface area contributed by atoms with Crippen LogP contribution in [-0.2, 0) is 16.0 Å². The van der Waals surface area contributed by atoms with Crippen molar-refractivity contribution in [2.45, 2.75) is 19.9 Å². The predicted molar refractivity (Wildman–Crippen MR) is 64.9 cm³/mol. The quantitative estimate of drug-likeness (QED) is 0.531. The minimum absolute atomic E-state index is 0.340. The van der Waals surface area contributed by atoms with Crippen LogP contribution in [0.5, 0.6) is 0 Å². The Balaban J connectivity index is 2.19. The minimum atomic E-state index is -0.340. The summed E-state index contributed by atoms with van der Waals surface area (Å²) in [5, 5.41) is 3.27. The highest BCUT2D eigenvalue weighted by Crippen LogP contribution is 2.02. The highest BCUT2D eigenvalue weighted by Gasteiger charge is 2.07. The number of ether oxygens (including phenoxy) is 2. The van der Waals surface area contributed by atoms with Gasteiger partial charge in [0, 0.05) is 25.5 Å². The van der Waals surface area contributed by atoms with Gasteiger partial charge in [0.05, 0.1) is 7.11 Å². The summed E-state index contributed by atoms with van der Waals surface area (Å²) in [6.45, 7) is 5.14. The second-order valence-corrected chi connectivity index (χ2v) is 3.62. The number of hydrogen-bond acceptors (Lipinski definition) is 4. The molecule has 0 bridgehead atoms. The summed E-state index contributed by atoms with van der Waals surface area (Å²) in [7, 11) is 1.37. The molecular formula is C12H20N2O3. The fourth-order valence-electron chi connectivity index (χ4n) is 1.44. The lowest BCUT2D eigenvalue weighted by atomic mass is 10.4. The lowest BCUT2D eigenvalue weighted by Gasteiger charge is -2.03. The third kappa shape index (κ3) is 5.01. The largest absolute Gasteiger partial charge is 0.464 e. The van der Waals surface area contributed by atoms with E-state index in [1.165, 1.54) is 7.11 Å². The van der Waals surface area contributed by atoms with Crippen LogP contribution in [0.3, 0.4) is 0 Å². The van der Waals surface area contributed by atoms with E-state index in [9.17, 15) is 4.79 Å². The summed E-state index contributed by atoms with van der Waals surface area (Å²) in [4.78, 5) is 14.2. The molecule has 1 rings (SSSR count). The Morgan fingerprint density at radius 1 is 1.47 bits per heavy atom. The van der Waals surface area contributed by atoms with Gasteiger partial charge in [0.2, 0.25) is 0 Å². The number of nitrogens with one attached hydrogen (secondary N) is 2. The van der Waals surface area contributed by atoms with Gasteiger partial charge in [-0.2, -0.15) is 0 Å². The molecule has 0 amide bonds. The van der Waals surface area contributed by atoms with E-state index < -0.39 is 0 Å². The number of H-pyrrole nitrogens is 1. The number of esters is 1. The van der Waals surface area contributed by atoms with Crippen molar-refractivity contribution < 1.29 is 14.3 Å². The summed E-state index contributed by atoms with van der Waals surface area (Å²) in [5.41, 5.74) is 1.46. The van der Waals surface area contributed by atoms with Crippen LogP contribution in [0.15, 0.2) is 12.1 Å². The first-order chi connectivity index (χ1) is 8.27. The highest BCUT2D eigenvalue weighted by atomic mass is 16.5. The molecule has 1 aromatic rings. The Hall–Kier alpha value is -1.33. The van der Waals surface area contributed by atoms with Crippen molar-refractivity contribution in [2.24, 2.45) is 0 Å². The highest BCUT2D eigenvalue weighted by molar-refractivity contribution is 5.87. The van der Waals surface area contributed by atoms with Crippen LogP contribution in [0.25, 0.3) is 0 Å². The van der Waals surface area contributed by atoms with Gasteiger partial charge >= 0.3 is 5.97 Å². The molecule has 0 saturated heterocycles. The maximum Gasteiger partial charge on any atom is 0.354 e. The molecule has 1 heterocycles. The first-order valence-corrected chi connectivity index (χ1v) is 5.82. The van der Waals surface area contributed by atoms with E-state index >= 15 is 0 Å². The lowest BCUT2D eigenvalue weighted by Crippen LogP contribution is -2.16. The molecule has 0 radical (unpaired) electrons. The fourth-order valence-corrected chi connectivity index (χ4v) is 1.44. The summed E-state index contributed by atoms with van der Waals surface area (Å²) in [5.74, 6) is -0.340. The van der Waals surface area contributed by atoms with Crippen LogP contribution < -0.4 is 5.32 Å². The second kappa shape index (κ2) is 7.86. The van der Waals surface area contributed by atoms with Gasteiger partial charge in [-0.1, -0.05) is 0 Å². The Bertz CT molecular complexity index is 336. The molecule has 2 N–H and O–H groups in total. The van der Waals surface area contributed by atoms with Crippen LogP contribution in [0.1, 0.15) is 29.5 Å². The monoisotopic (exact) mass is 240 g/mol. The SMILES string of the molecule is CCOCCCNCc1ccc(C(=O)OC)[nH]1. The molecule has 17 heavy (non-hydrogen) atoms. The number of rotatable bonds is 8. The van der Waals surface area contributed by atoms with Gasteiger partial charge in [0.1, 0.15) is 5.69 Å². The van der Waals surface area contributed by atoms with Crippen molar-refractivity contribution in [3.05, 3.63) is 23.5 Å². The number of carbonyl (C=O) groups excluding carboxylic acids is 1. The van der Waals surface area contributed by atoms with Gasteiger partial charge in [-0.15, -0.1) is 0 Å². The molecule has 5 heteroatoms. The van der Waals surface area contributed by atoms with Crippen molar-refractivity contribution in [1.82, 2.24) is 10.3 Å². The molecule has 0 saturated carbocycles. The molecule has 0 aliphatic carbocycles. The van der Waals surface area contributed by atoms with Crippen LogP contribution in [0, 0.1) is 0 Å². The Morgan fingerprint density at radius 3 is 3.00 bits per heavy atom. The molecule has 0 fully saturated rings. The van der Waals surface area contributed by atoms with E-state index in [0.29, 0.717) is 12.2 Å². The van der Waals surface area contributed by atoms with Crippen LogP contribution in [0.4, 0.5) is 0 Å². The molecule has 5 nitrogen and oxygen atoms in total. The van der Waals surface area contributed by atoms with Gasteiger partial charge in [-0.3, -0.25) is 0 Å². The van der Waals surface area contributed by atoms with Crippen LogP contribution >= 0.6 is 0 Å². The fraction of sp³-hybridized carbons (Fsp3) is 0.583. The van der Waals surface area contributed by atoms with E-state index in [-0.39, 0.29) is 5.97 Å². The maximum atomic E-state index is 11.2. The zero-order chi connectivity index (χ0) is 12.5. The Morgan fingerprint density at radius 2 is 2.29 bits per heavy atom. The summed E-state index contributed by atoms with van der Waals surface area (Å²) >= 11 is 0. The number of carbonyl (C=O) groups is 1. The molecule has 0 aromatic carbocycles. The van der Waals surface area contributed by atoms with Gasteiger partial charge in [0.15, 0.2) is 0 Å². The zero-order valence-electron chi connectivity index (χ0n) is 10.4. The van der Waals surface area contributed by atoms with Crippen LogP contribution in [0.2, 0.25) is 0 Å². The summed E-state index contributed by atoms with van der Waals surface area (Å²) in [6, 6.07) is 3.60. The minimum Gasteiger partial charge on any atom is -0.464 e. The number of aromatic nitrogens is 1. The Labute approximate surface area is 101 Å². The molecule has 0 aliphatic heterocycles. The second-order valence-electron chi connectivity index (χ2n) is 3.62. The van der Waals surface area contributed by atoms with Crippen LogP contribution in [-0.4, -0.2) is 37.8 Å². The molecule has 1 aromatic heterocycles. The molecular weight excluding hydrogens is 220 g/mol. The molecule has 0 unspecified atom stereocenters. The van der Waals surface area contributed by atoms with E-state index in [1.54, 1.807) is 6.07 Å². The van der Waals surface area contributed by atoms with E-state index in [1.807, 2.05) is 13.0 Å². The van der Waals surface area contributed by atoms with Gasteiger partial charge in [-0.05, 0) is 32.0 Å². The van der Waals surface area contributed by atoms with Gasteiger partial charge in [-0.25, -0.2) is 4.79 Å². The number of hydrogen-bond donors (Lipinski definition) is 2. The maximum absolute atomic E-state index is 11.2. The number of methoxy groups -OCH3 is 1. The molecule has 0 aliphatic rings. The van der Waals surface area contributed by atoms with E-state index in [4.69, 9.17) is 4.74 Å². The van der Waals surface area contributed by atoms with Crippen molar-refractivity contribution in [1.29, 1.82) is 0 Å². The van der Waals surface area contributed by atoms with Crippen molar-refractivity contribution in [2.75, 3.05) is 26.9 Å². The van der Waals surface area contributed by atoms with E-state index in [2.05, 4.69) is 15.0 Å². The third-order valence-corrected chi connectivity index (χ3v) is 2.31. The lowest BCUT2D eigenvalue weighted by molar-refractivity contribution is 0.0594. The number of aromatic amines is 1. The van der Waals surface area contributed by atoms with Gasteiger partial charge in [0.25, 0.3) is 0 Å². The zero-order valence-corrected chi connectivity index (χ0v) is 10.4. The van der Waals surface area contributed by atoms with Crippen molar-refractivity contribution in [3.63, 3.8) is 0 Å². The smallest absolute Gasteiger partial charge is 0.354 e. The normalized spacial score (nSPS) is 10.5. The third-order valence-electron chi connectivity index (χ3n) is 2.31. The standard InChI is InChI=1S/C12H20N2O3/c1-3-17-8-4-7-13-9-10-5-6-11(14-10)12(15)16-2/h5-6,13-14H,3-4,7-9H2,1-2H3. The summed E-state index contributed by atoms with van der Waals surface area (Å²) < 4.78 is 9.84. The van der Waals surface area contributed by atoms with Crippen molar-refractivity contribution in [3.8, 4) is 0 Å². The van der Waals surface area contributed by atoms with E-state index in [0.717, 1.165) is 31.9 Å². The van der Waals surface area contributed by atoms with Crippen molar-refractivity contribution >= 4 is 5.97 Å². The molecule has 0 spiro atoms. The Kier molecular flexibility index (Phi) is 6.35. The first-order valence-electron chi connectivity index (χ1n) is 5.82. The average molecular weight is 240 g/mol. The molecule has 0 atom stereocenters.